The lowest BCUT2D eigenvalue weighted by molar-refractivity contribution is 0.0559. The molecule has 1 aliphatic carbocycles. The van der Waals surface area contributed by atoms with Gasteiger partial charge in [0.15, 0.2) is 0 Å². The Morgan fingerprint density at radius 3 is 2.86 bits per heavy atom. The van der Waals surface area contributed by atoms with Crippen molar-refractivity contribution in [2.45, 2.75) is 31.8 Å². The van der Waals surface area contributed by atoms with Crippen LogP contribution in [0, 0.1) is 5.92 Å². The molecule has 3 nitrogen and oxygen atoms in total. The molecule has 14 heavy (non-hydrogen) atoms. The zero-order valence-electron chi connectivity index (χ0n) is 8.82. The molecule has 1 saturated carbocycles. The van der Waals surface area contributed by atoms with Gasteiger partial charge in [0.05, 0.1) is 19.3 Å². The monoisotopic (exact) mass is 199 g/mol. The lowest BCUT2D eigenvalue weighted by Gasteiger charge is -2.24. The Morgan fingerprint density at radius 1 is 1.29 bits per heavy atom. The quantitative estimate of drug-likeness (QED) is 0.716. The maximum Gasteiger partial charge on any atom is 0.0900 e. The lowest BCUT2D eigenvalue weighted by Crippen LogP contribution is -2.35. The van der Waals surface area contributed by atoms with E-state index < -0.39 is 0 Å². The zero-order valence-corrected chi connectivity index (χ0v) is 8.82. The van der Waals surface area contributed by atoms with E-state index in [-0.39, 0.29) is 6.10 Å². The van der Waals surface area contributed by atoms with E-state index in [0.29, 0.717) is 6.61 Å². The predicted molar refractivity (Wildman–Crippen MR) is 55.2 cm³/mol. The topological polar surface area (TPSA) is 32.7 Å². The van der Waals surface area contributed by atoms with E-state index >= 15 is 0 Å². The summed E-state index contributed by atoms with van der Waals surface area (Å²) in [5.41, 5.74) is 0. The summed E-state index contributed by atoms with van der Waals surface area (Å²) in [5.74, 6) is 0.875. The molecule has 0 amide bonds. The number of rotatable bonds is 2. The first-order chi connectivity index (χ1) is 6.84. The van der Waals surface area contributed by atoms with E-state index in [1.54, 1.807) is 0 Å². The Balaban J connectivity index is 1.77. The molecule has 2 rings (SSSR count). The number of aliphatic hydroxyl groups excluding tert-OH is 1. The van der Waals surface area contributed by atoms with Crippen LogP contribution in [0.5, 0.6) is 0 Å². The minimum Gasteiger partial charge on any atom is -0.389 e. The van der Waals surface area contributed by atoms with Crippen molar-refractivity contribution in [1.29, 1.82) is 0 Å². The molecule has 1 aliphatic heterocycles. The van der Waals surface area contributed by atoms with E-state index in [2.05, 4.69) is 4.90 Å². The van der Waals surface area contributed by atoms with Crippen LogP contribution in [-0.2, 0) is 4.74 Å². The molecule has 1 N–H and O–H groups in total. The third-order valence-electron chi connectivity index (χ3n) is 3.32. The summed E-state index contributed by atoms with van der Waals surface area (Å²) in [6.07, 6.45) is 5.29. The molecule has 1 heterocycles. The van der Waals surface area contributed by atoms with Crippen molar-refractivity contribution in [2.24, 2.45) is 5.92 Å². The summed E-state index contributed by atoms with van der Waals surface area (Å²) in [5, 5.41) is 9.57. The molecule has 3 heteroatoms. The van der Waals surface area contributed by atoms with Crippen LogP contribution >= 0.6 is 0 Å². The molecule has 1 unspecified atom stereocenters. The molecule has 82 valence electrons. The van der Waals surface area contributed by atoms with Crippen molar-refractivity contribution < 1.29 is 9.84 Å². The highest BCUT2D eigenvalue weighted by Crippen LogP contribution is 2.25. The smallest absolute Gasteiger partial charge is 0.0900 e. The fraction of sp³-hybridized carbons (Fsp3) is 1.00. The average Bonchev–Trinajstić information content (AvgIpc) is 2.56. The van der Waals surface area contributed by atoms with Gasteiger partial charge in [-0.05, 0) is 18.8 Å². The van der Waals surface area contributed by atoms with Gasteiger partial charge in [-0.3, -0.25) is 4.90 Å². The minimum atomic E-state index is -0.279. The van der Waals surface area contributed by atoms with Crippen LogP contribution in [0.2, 0.25) is 0 Å². The molecular weight excluding hydrogens is 178 g/mol. The first-order valence-corrected chi connectivity index (χ1v) is 5.83. The number of β-amino-alcohol motifs (C(OH)–C–C–N with tert-alkyl or cyclic N) is 1. The molecule has 2 fully saturated rings. The maximum atomic E-state index is 9.57. The van der Waals surface area contributed by atoms with Gasteiger partial charge in [0.2, 0.25) is 0 Å². The Bertz CT molecular complexity index is 169. The Kier molecular flexibility index (Phi) is 3.79. The van der Waals surface area contributed by atoms with Crippen LogP contribution < -0.4 is 0 Å². The summed E-state index contributed by atoms with van der Waals surface area (Å²) in [7, 11) is 0. The second-order valence-corrected chi connectivity index (χ2v) is 4.64. The van der Waals surface area contributed by atoms with E-state index in [1.807, 2.05) is 0 Å². The highest BCUT2D eigenvalue weighted by atomic mass is 16.5. The van der Waals surface area contributed by atoms with Crippen molar-refractivity contribution in [3.63, 3.8) is 0 Å². The molecule has 0 aromatic carbocycles. The van der Waals surface area contributed by atoms with Crippen LogP contribution in [0.1, 0.15) is 25.7 Å². The van der Waals surface area contributed by atoms with Gasteiger partial charge in [0.25, 0.3) is 0 Å². The van der Waals surface area contributed by atoms with Crippen molar-refractivity contribution in [3.8, 4) is 0 Å². The van der Waals surface area contributed by atoms with Crippen LogP contribution in [0.4, 0.5) is 0 Å². The van der Waals surface area contributed by atoms with E-state index in [1.165, 1.54) is 32.2 Å². The van der Waals surface area contributed by atoms with Gasteiger partial charge in [-0.2, -0.15) is 0 Å². The zero-order chi connectivity index (χ0) is 9.80. The molecule has 0 radical (unpaired) electrons. The van der Waals surface area contributed by atoms with E-state index in [4.69, 9.17) is 4.74 Å². The third kappa shape index (κ3) is 2.94. The summed E-state index contributed by atoms with van der Waals surface area (Å²) >= 11 is 0. The van der Waals surface area contributed by atoms with Gasteiger partial charge < -0.3 is 9.84 Å². The van der Waals surface area contributed by atoms with Crippen molar-refractivity contribution in [2.75, 3.05) is 32.8 Å². The highest BCUT2D eigenvalue weighted by Gasteiger charge is 2.21. The second-order valence-electron chi connectivity index (χ2n) is 4.64. The highest BCUT2D eigenvalue weighted by molar-refractivity contribution is 4.75. The lowest BCUT2D eigenvalue weighted by atomic mass is 10.1. The van der Waals surface area contributed by atoms with Crippen molar-refractivity contribution >= 4 is 0 Å². The summed E-state index contributed by atoms with van der Waals surface area (Å²) in [4.78, 5) is 2.37. The van der Waals surface area contributed by atoms with E-state index in [9.17, 15) is 5.11 Å². The molecular formula is C11H21NO2. The second kappa shape index (κ2) is 5.10. The summed E-state index contributed by atoms with van der Waals surface area (Å²) in [6, 6.07) is 0. The maximum absolute atomic E-state index is 9.57. The fourth-order valence-corrected chi connectivity index (χ4v) is 2.58. The standard InChI is InChI=1S/C11H21NO2/c13-11-8-12(5-6-14-9-11)7-10-3-1-2-4-10/h10-11,13H,1-9H2. The Labute approximate surface area is 86.0 Å². The molecule has 0 bridgehead atoms. The van der Waals surface area contributed by atoms with Crippen LogP contribution in [0.3, 0.4) is 0 Å². The Hall–Kier alpha value is -0.120. The van der Waals surface area contributed by atoms with Crippen molar-refractivity contribution in [3.05, 3.63) is 0 Å². The van der Waals surface area contributed by atoms with Gasteiger partial charge in [-0.25, -0.2) is 0 Å². The summed E-state index contributed by atoms with van der Waals surface area (Å²) < 4.78 is 5.31. The van der Waals surface area contributed by atoms with Gasteiger partial charge >= 0.3 is 0 Å². The number of hydrogen-bond donors (Lipinski definition) is 1. The average molecular weight is 199 g/mol. The fourth-order valence-electron chi connectivity index (χ4n) is 2.58. The first kappa shape index (κ1) is 10.4. The van der Waals surface area contributed by atoms with Gasteiger partial charge in [0.1, 0.15) is 0 Å². The van der Waals surface area contributed by atoms with Gasteiger partial charge in [-0.15, -0.1) is 0 Å². The first-order valence-electron chi connectivity index (χ1n) is 5.83. The van der Waals surface area contributed by atoms with E-state index in [0.717, 1.165) is 25.6 Å². The minimum absolute atomic E-state index is 0.279. The molecule has 1 saturated heterocycles. The number of hydrogen-bond acceptors (Lipinski definition) is 3. The van der Waals surface area contributed by atoms with Crippen LogP contribution in [0.15, 0.2) is 0 Å². The molecule has 0 spiro atoms. The molecule has 0 aromatic rings. The van der Waals surface area contributed by atoms with Crippen LogP contribution in [-0.4, -0.2) is 49.0 Å². The van der Waals surface area contributed by atoms with Crippen molar-refractivity contribution in [1.82, 2.24) is 4.90 Å². The van der Waals surface area contributed by atoms with Gasteiger partial charge in [-0.1, -0.05) is 12.8 Å². The molecule has 0 aromatic heterocycles. The molecule has 1 atom stereocenters. The third-order valence-corrected chi connectivity index (χ3v) is 3.32. The SMILES string of the molecule is OC1COCCN(CC2CCCC2)C1. The molecule has 2 aliphatic rings. The van der Waals surface area contributed by atoms with Crippen LogP contribution in [0.25, 0.3) is 0 Å². The number of nitrogens with zero attached hydrogens (tertiary/aromatic N) is 1. The normalized spacial score (nSPS) is 31.9. The van der Waals surface area contributed by atoms with Gasteiger partial charge in [0, 0.05) is 19.6 Å². The number of ether oxygens (including phenoxy) is 1. The number of aliphatic hydroxyl groups is 1. The Morgan fingerprint density at radius 2 is 2.07 bits per heavy atom. The largest absolute Gasteiger partial charge is 0.389 e. The summed E-state index contributed by atoms with van der Waals surface area (Å²) in [6.45, 7) is 4.26. The predicted octanol–water partition coefficient (Wildman–Crippen LogP) is 0.870.